The van der Waals surface area contributed by atoms with E-state index in [1.807, 2.05) is 24.3 Å². The Morgan fingerprint density at radius 1 is 1.00 bits per heavy atom. The molecule has 0 saturated heterocycles. The fourth-order valence-corrected chi connectivity index (χ4v) is 3.02. The number of benzene rings is 2. The van der Waals surface area contributed by atoms with Crippen molar-refractivity contribution in [3.05, 3.63) is 71.0 Å². The summed E-state index contributed by atoms with van der Waals surface area (Å²) in [4.78, 5) is 35.5. The summed E-state index contributed by atoms with van der Waals surface area (Å²) >= 11 is 0. The van der Waals surface area contributed by atoms with Gasteiger partial charge in [-0.1, -0.05) is 6.07 Å². The Kier molecular flexibility index (Phi) is 7.16. The largest absolute Gasteiger partial charge is 0.497 e. The normalized spacial score (nSPS) is 10.4. The van der Waals surface area contributed by atoms with Gasteiger partial charge in [0.15, 0.2) is 0 Å². The first kappa shape index (κ1) is 21.8. The maximum absolute atomic E-state index is 12.3. The lowest BCUT2D eigenvalue weighted by Crippen LogP contribution is -2.23. The minimum atomic E-state index is -0.222. The first-order valence-electron chi connectivity index (χ1n) is 9.85. The van der Waals surface area contributed by atoms with E-state index >= 15 is 0 Å². The molecule has 8 heteroatoms. The fraction of sp³-hybridized carbons (Fsp3) is 0.217. The van der Waals surface area contributed by atoms with Crippen molar-refractivity contribution in [2.24, 2.45) is 0 Å². The summed E-state index contributed by atoms with van der Waals surface area (Å²) in [7, 11) is 1.60. The maximum atomic E-state index is 12.3. The molecule has 0 radical (unpaired) electrons. The van der Waals surface area contributed by atoms with Crippen LogP contribution in [0.1, 0.15) is 19.8 Å². The van der Waals surface area contributed by atoms with Crippen LogP contribution in [0.3, 0.4) is 0 Å². The van der Waals surface area contributed by atoms with Gasteiger partial charge in [0.1, 0.15) is 5.75 Å². The van der Waals surface area contributed by atoms with Gasteiger partial charge in [-0.05, 0) is 55.0 Å². The average Bonchev–Trinajstić information content (AvgIpc) is 2.75. The zero-order valence-corrected chi connectivity index (χ0v) is 17.4. The summed E-state index contributed by atoms with van der Waals surface area (Å²) in [5, 5.41) is 9.87. The van der Waals surface area contributed by atoms with Gasteiger partial charge < -0.3 is 15.4 Å². The molecule has 0 aliphatic rings. The van der Waals surface area contributed by atoms with E-state index in [2.05, 4.69) is 15.7 Å². The van der Waals surface area contributed by atoms with E-state index in [-0.39, 0.29) is 23.8 Å². The molecule has 0 aliphatic carbocycles. The predicted molar refractivity (Wildman–Crippen MR) is 119 cm³/mol. The van der Waals surface area contributed by atoms with E-state index in [4.69, 9.17) is 4.74 Å². The lowest BCUT2D eigenvalue weighted by molar-refractivity contribution is -0.116. The van der Waals surface area contributed by atoms with E-state index < -0.39 is 0 Å². The van der Waals surface area contributed by atoms with Crippen LogP contribution in [-0.2, 0) is 16.1 Å². The van der Waals surface area contributed by atoms with Crippen LogP contribution in [-0.4, -0.2) is 28.7 Å². The molecule has 0 saturated carbocycles. The molecule has 0 bridgehead atoms. The Morgan fingerprint density at radius 2 is 1.71 bits per heavy atom. The van der Waals surface area contributed by atoms with E-state index in [0.717, 1.165) is 11.3 Å². The number of ether oxygens (including phenoxy) is 1. The van der Waals surface area contributed by atoms with Crippen LogP contribution in [0.25, 0.3) is 11.3 Å². The third kappa shape index (κ3) is 6.27. The highest BCUT2D eigenvalue weighted by atomic mass is 16.5. The van der Waals surface area contributed by atoms with Gasteiger partial charge in [-0.25, -0.2) is 4.68 Å². The van der Waals surface area contributed by atoms with E-state index in [1.54, 1.807) is 37.4 Å². The van der Waals surface area contributed by atoms with Crippen LogP contribution >= 0.6 is 0 Å². The monoisotopic (exact) mass is 420 g/mol. The molecule has 0 atom stereocenters. The zero-order chi connectivity index (χ0) is 22.2. The number of nitrogens with zero attached hydrogens (tertiary/aromatic N) is 2. The van der Waals surface area contributed by atoms with Crippen LogP contribution in [0.15, 0.2) is 65.5 Å². The molecule has 3 rings (SSSR count). The number of carbonyl (C=O) groups excluding carboxylic acids is 2. The van der Waals surface area contributed by atoms with Gasteiger partial charge in [0.25, 0.3) is 5.56 Å². The Morgan fingerprint density at radius 3 is 2.39 bits per heavy atom. The van der Waals surface area contributed by atoms with Gasteiger partial charge in [-0.15, -0.1) is 0 Å². The van der Waals surface area contributed by atoms with Gasteiger partial charge in [0.2, 0.25) is 11.8 Å². The van der Waals surface area contributed by atoms with Crippen molar-refractivity contribution < 1.29 is 14.3 Å². The minimum Gasteiger partial charge on any atom is -0.497 e. The third-order valence-electron chi connectivity index (χ3n) is 4.49. The highest BCUT2D eigenvalue weighted by Crippen LogP contribution is 2.19. The molecular weight excluding hydrogens is 396 g/mol. The number of carbonyl (C=O) groups is 2. The Bertz CT molecular complexity index is 1120. The summed E-state index contributed by atoms with van der Waals surface area (Å²) in [6.07, 6.45) is 0.682. The number of methoxy groups -OCH3 is 1. The maximum Gasteiger partial charge on any atom is 0.266 e. The number of nitrogens with one attached hydrogen (secondary N) is 2. The lowest BCUT2D eigenvalue weighted by Gasteiger charge is -2.09. The van der Waals surface area contributed by atoms with Gasteiger partial charge >= 0.3 is 0 Å². The molecule has 2 aromatic carbocycles. The van der Waals surface area contributed by atoms with Crippen molar-refractivity contribution >= 4 is 23.2 Å². The molecule has 1 aromatic heterocycles. The lowest BCUT2D eigenvalue weighted by atomic mass is 10.1. The Labute approximate surface area is 179 Å². The first-order valence-corrected chi connectivity index (χ1v) is 9.85. The second-order valence-electron chi connectivity index (χ2n) is 6.92. The molecule has 2 N–H and O–H groups in total. The number of anilines is 2. The number of hydrogen-bond donors (Lipinski definition) is 2. The van der Waals surface area contributed by atoms with Crippen LogP contribution < -0.4 is 20.9 Å². The Hall–Kier alpha value is -3.94. The summed E-state index contributed by atoms with van der Waals surface area (Å²) in [6, 6.07) is 17.5. The van der Waals surface area contributed by atoms with Gasteiger partial charge in [-0.3, -0.25) is 14.4 Å². The van der Waals surface area contributed by atoms with E-state index in [1.165, 1.54) is 17.7 Å². The molecule has 0 aliphatic heterocycles. The fourth-order valence-electron chi connectivity index (χ4n) is 3.02. The smallest absolute Gasteiger partial charge is 0.266 e. The standard InChI is InChI=1S/C23H24N4O4/c1-16(28)24-18-5-3-6-19(15-18)25-22(29)7-4-14-27-23(30)13-12-21(26-27)17-8-10-20(31-2)11-9-17/h3,5-6,8-13,15H,4,7,14H2,1-2H3,(H,24,28)(H,25,29). The SMILES string of the molecule is COc1ccc(-c2ccc(=O)n(CCCC(=O)Nc3cccc(NC(C)=O)c3)n2)cc1. The summed E-state index contributed by atoms with van der Waals surface area (Å²) in [6.45, 7) is 1.74. The molecule has 0 fully saturated rings. The molecule has 3 aromatic rings. The second kappa shape index (κ2) is 10.2. The number of amides is 2. The molecule has 0 unspecified atom stereocenters. The number of aromatic nitrogens is 2. The van der Waals surface area contributed by atoms with Crippen molar-refractivity contribution in [3.63, 3.8) is 0 Å². The van der Waals surface area contributed by atoms with Crippen molar-refractivity contribution in [2.75, 3.05) is 17.7 Å². The number of aryl methyl sites for hydroxylation is 1. The highest BCUT2D eigenvalue weighted by Gasteiger charge is 2.07. The predicted octanol–water partition coefficient (Wildman–Crippen LogP) is 3.30. The average molecular weight is 420 g/mol. The Balaban J connectivity index is 1.58. The minimum absolute atomic E-state index is 0.181. The molecular formula is C23H24N4O4. The van der Waals surface area contributed by atoms with E-state index in [9.17, 15) is 14.4 Å². The number of rotatable bonds is 8. The van der Waals surface area contributed by atoms with Crippen LogP contribution in [0.5, 0.6) is 5.75 Å². The van der Waals surface area contributed by atoms with Crippen LogP contribution in [0.4, 0.5) is 11.4 Å². The number of hydrogen-bond acceptors (Lipinski definition) is 5. The van der Waals surface area contributed by atoms with Crippen molar-refractivity contribution in [1.82, 2.24) is 9.78 Å². The van der Waals surface area contributed by atoms with Crippen molar-refractivity contribution in [1.29, 1.82) is 0 Å². The van der Waals surface area contributed by atoms with E-state index in [0.29, 0.717) is 30.0 Å². The molecule has 2 amide bonds. The molecule has 0 spiro atoms. The van der Waals surface area contributed by atoms with Gasteiger partial charge in [0, 0.05) is 42.9 Å². The molecule has 8 nitrogen and oxygen atoms in total. The van der Waals surface area contributed by atoms with Crippen LogP contribution in [0, 0.1) is 0 Å². The van der Waals surface area contributed by atoms with Crippen molar-refractivity contribution in [2.45, 2.75) is 26.3 Å². The summed E-state index contributed by atoms with van der Waals surface area (Å²) in [5.41, 5.74) is 2.51. The molecule has 1 heterocycles. The summed E-state index contributed by atoms with van der Waals surface area (Å²) < 4.78 is 6.52. The quantitative estimate of drug-likeness (QED) is 0.582. The first-order chi connectivity index (χ1) is 14.9. The zero-order valence-electron chi connectivity index (χ0n) is 17.4. The third-order valence-corrected chi connectivity index (χ3v) is 4.49. The molecule has 31 heavy (non-hydrogen) atoms. The topological polar surface area (TPSA) is 102 Å². The second-order valence-corrected chi connectivity index (χ2v) is 6.92. The highest BCUT2D eigenvalue weighted by molar-refractivity contribution is 5.93. The van der Waals surface area contributed by atoms with Crippen LogP contribution in [0.2, 0.25) is 0 Å². The van der Waals surface area contributed by atoms with Crippen molar-refractivity contribution in [3.8, 4) is 17.0 Å². The van der Waals surface area contributed by atoms with Gasteiger partial charge in [-0.2, -0.15) is 5.10 Å². The molecule has 160 valence electrons. The van der Waals surface area contributed by atoms with Gasteiger partial charge in [0.05, 0.1) is 12.8 Å². The summed E-state index contributed by atoms with van der Waals surface area (Å²) in [5.74, 6) is 0.378.